The quantitative estimate of drug-likeness (QED) is 0.394. The number of carbonyl (C=O) groups excluding carboxylic acids is 2. The van der Waals surface area contributed by atoms with Crippen molar-refractivity contribution in [2.45, 2.75) is 32.6 Å². The Bertz CT molecular complexity index is 1350. The van der Waals surface area contributed by atoms with Gasteiger partial charge in [-0.1, -0.05) is 45.8 Å². The summed E-state index contributed by atoms with van der Waals surface area (Å²) in [6.07, 6.45) is 0. The Morgan fingerprint density at radius 3 is 2.21 bits per heavy atom. The largest absolute Gasteiger partial charge is 0.452 e. The summed E-state index contributed by atoms with van der Waals surface area (Å²) in [7, 11) is -3.97. The maximum absolute atomic E-state index is 13.1. The van der Waals surface area contributed by atoms with Gasteiger partial charge in [-0.2, -0.15) is 0 Å². The van der Waals surface area contributed by atoms with E-state index in [1.54, 1.807) is 56.3 Å². The van der Waals surface area contributed by atoms with Crippen molar-refractivity contribution in [2.75, 3.05) is 16.6 Å². The molecule has 34 heavy (non-hydrogen) atoms. The van der Waals surface area contributed by atoms with E-state index in [4.69, 9.17) is 4.74 Å². The normalized spacial score (nSPS) is 11.1. The van der Waals surface area contributed by atoms with Crippen molar-refractivity contribution in [3.63, 3.8) is 0 Å². The van der Waals surface area contributed by atoms with Crippen LogP contribution in [-0.2, 0) is 19.6 Å². The monoisotopic (exact) mass is 544 g/mol. The molecule has 3 aromatic rings. The van der Waals surface area contributed by atoms with E-state index in [0.717, 1.165) is 15.6 Å². The lowest BCUT2D eigenvalue weighted by molar-refractivity contribution is -0.119. The fraction of sp³-hybridized carbons (Fsp3) is 0.200. The number of esters is 1. The van der Waals surface area contributed by atoms with Crippen molar-refractivity contribution >= 4 is 49.2 Å². The predicted octanol–water partition coefficient (Wildman–Crippen LogP) is 5.28. The molecule has 9 heteroatoms. The number of para-hydroxylation sites is 1. The first-order valence-corrected chi connectivity index (χ1v) is 12.7. The van der Waals surface area contributed by atoms with E-state index in [-0.39, 0.29) is 16.1 Å². The fourth-order valence-electron chi connectivity index (χ4n) is 3.66. The molecular formula is C25H25BrN2O5S. The maximum Gasteiger partial charge on any atom is 0.340 e. The topological polar surface area (TPSA) is 102 Å². The zero-order chi connectivity index (χ0) is 25.0. The minimum absolute atomic E-state index is 0.000721. The Kier molecular flexibility index (Phi) is 7.78. The molecule has 0 radical (unpaired) electrons. The van der Waals surface area contributed by atoms with Gasteiger partial charge in [0.1, 0.15) is 0 Å². The first-order chi connectivity index (χ1) is 16.0. The summed E-state index contributed by atoms with van der Waals surface area (Å²) in [5.74, 6) is -1.34. The summed E-state index contributed by atoms with van der Waals surface area (Å²) in [4.78, 5) is 25.1. The van der Waals surface area contributed by atoms with Crippen LogP contribution in [0.1, 0.15) is 32.6 Å². The molecule has 3 rings (SSSR count). The van der Waals surface area contributed by atoms with Crippen molar-refractivity contribution in [1.82, 2.24) is 0 Å². The van der Waals surface area contributed by atoms with Crippen LogP contribution in [0.15, 0.2) is 64.0 Å². The second kappa shape index (κ2) is 10.4. The maximum atomic E-state index is 13.1. The molecule has 2 N–H and O–H groups in total. The molecule has 0 heterocycles. The zero-order valence-electron chi connectivity index (χ0n) is 19.2. The summed E-state index contributed by atoms with van der Waals surface area (Å²) < 4.78 is 34.8. The Labute approximate surface area is 207 Å². The molecule has 0 atom stereocenters. The Hall–Kier alpha value is -3.17. The number of halogens is 1. The number of sulfonamides is 1. The second-order valence-electron chi connectivity index (χ2n) is 7.97. The molecule has 0 aliphatic rings. The standard InChI is InChI=1S/C25H25BrN2O5S/c1-15-11-17(3)24(18(4)12-15)34(31,32)28-22-8-6-5-7-20(22)25(30)33-14-23(29)27-19-9-10-21(26)16(2)13-19/h5-13,28H,14H2,1-4H3,(H,27,29). The molecule has 3 aromatic carbocycles. The van der Waals surface area contributed by atoms with Gasteiger partial charge in [0.15, 0.2) is 6.61 Å². The van der Waals surface area contributed by atoms with Gasteiger partial charge in [0.2, 0.25) is 0 Å². The Balaban J connectivity index is 1.74. The summed E-state index contributed by atoms with van der Waals surface area (Å²) >= 11 is 3.39. The van der Waals surface area contributed by atoms with Crippen LogP contribution in [0.5, 0.6) is 0 Å². The molecule has 0 saturated heterocycles. The second-order valence-corrected chi connectivity index (χ2v) is 10.4. The number of amides is 1. The molecular weight excluding hydrogens is 520 g/mol. The highest BCUT2D eigenvalue weighted by Gasteiger charge is 2.23. The molecule has 0 spiro atoms. The summed E-state index contributed by atoms with van der Waals surface area (Å²) in [5, 5.41) is 2.66. The molecule has 7 nitrogen and oxygen atoms in total. The van der Waals surface area contributed by atoms with Crippen LogP contribution in [0, 0.1) is 27.7 Å². The van der Waals surface area contributed by atoms with E-state index >= 15 is 0 Å². The highest BCUT2D eigenvalue weighted by Crippen LogP contribution is 2.26. The average Bonchev–Trinajstić information content (AvgIpc) is 2.73. The first kappa shape index (κ1) is 25.5. The van der Waals surface area contributed by atoms with Gasteiger partial charge in [-0.3, -0.25) is 9.52 Å². The number of benzene rings is 3. The van der Waals surface area contributed by atoms with Gasteiger partial charge in [0.05, 0.1) is 16.1 Å². The van der Waals surface area contributed by atoms with Crippen molar-refractivity contribution in [3.8, 4) is 0 Å². The van der Waals surface area contributed by atoms with Crippen molar-refractivity contribution in [2.24, 2.45) is 0 Å². The molecule has 1 amide bonds. The first-order valence-electron chi connectivity index (χ1n) is 10.4. The van der Waals surface area contributed by atoms with Gasteiger partial charge in [-0.05, 0) is 74.7 Å². The number of ether oxygens (including phenoxy) is 1. The Morgan fingerprint density at radius 2 is 1.56 bits per heavy atom. The van der Waals surface area contributed by atoms with E-state index in [1.165, 1.54) is 12.1 Å². The van der Waals surface area contributed by atoms with E-state index in [2.05, 4.69) is 26.0 Å². The van der Waals surface area contributed by atoms with Crippen LogP contribution in [0.3, 0.4) is 0 Å². The van der Waals surface area contributed by atoms with Gasteiger partial charge in [-0.25, -0.2) is 13.2 Å². The molecule has 0 fully saturated rings. The fourth-order valence-corrected chi connectivity index (χ4v) is 5.45. The summed E-state index contributed by atoms with van der Waals surface area (Å²) in [6.45, 7) is 6.70. The summed E-state index contributed by atoms with van der Waals surface area (Å²) in [5.41, 5.74) is 3.73. The molecule has 0 aromatic heterocycles. The van der Waals surface area contributed by atoms with Crippen LogP contribution >= 0.6 is 15.9 Å². The van der Waals surface area contributed by atoms with Crippen LogP contribution in [-0.4, -0.2) is 26.9 Å². The van der Waals surface area contributed by atoms with E-state index in [0.29, 0.717) is 16.8 Å². The molecule has 0 aliphatic heterocycles. The highest BCUT2D eigenvalue weighted by atomic mass is 79.9. The van der Waals surface area contributed by atoms with Gasteiger partial charge < -0.3 is 10.1 Å². The average molecular weight is 545 g/mol. The minimum Gasteiger partial charge on any atom is -0.452 e. The minimum atomic E-state index is -3.97. The lowest BCUT2D eigenvalue weighted by Crippen LogP contribution is -2.22. The predicted molar refractivity (Wildman–Crippen MR) is 136 cm³/mol. The van der Waals surface area contributed by atoms with Gasteiger partial charge in [0, 0.05) is 10.2 Å². The molecule has 0 saturated carbocycles. The third-order valence-corrected chi connectivity index (χ3v) is 7.60. The van der Waals surface area contributed by atoms with E-state index in [1.807, 2.05) is 13.8 Å². The molecule has 0 aliphatic carbocycles. The van der Waals surface area contributed by atoms with Crippen LogP contribution < -0.4 is 10.0 Å². The van der Waals surface area contributed by atoms with E-state index in [9.17, 15) is 18.0 Å². The number of carbonyl (C=O) groups is 2. The van der Waals surface area contributed by atoms with Crippen molar-refractivity contribution in [1.29, 1.82) is 0 Å². The molecule has 178 valence electrons. The van der Waals surface area contributed by atoms with Gasteiger partial charge in [0.25, 0.3) is 15.9 Å². The third kappa shape index (κ3) is 6.03. The highest BCUT2D eigenvalue weighted by molar-refractivity contribution is 9.10. The lowest BCUT2D eigenvalue weighted by Gasteiger charge is -2.16. The zero-order valence-corrected chi connectivity index (χ0v) is 21.6. The lowest BCUT2D eigenvalue weighted by atomic mass is 10.1. The number of anilines is 2. The number of hydrogen-bond acceptors (Lipinski definition) is 5. The molecule has 0 bridgehead atoms. The van der Waals surface area contributed by atoms with Gasteiger partial charge >= 0.3 is 5.97 Å². The SMILES string of the molecule is Cc1cc(C)c(S(=O)(=O)Nc2ccccc2C(=O)OCC(=O)Nc2ccc(Br)c(C)c2)c(C)c1. The molecule has 0 unspecified atom stereocenters. The Morgan fingerprint density at radius 1 is 0.912 bits per heavy atom. The van der Waals surface area contributed by atoms with Gasteiger partial charge in [-0.15, -0.1) is 0 Å². The number of hydrogen-bond donors (Lipinski definition) is 2. The number of nitrogens with one attached hydrogen (secondary N) is 2. The van der Waals surface area contributed by atoms with E-state index < -0.39 is 28.5 Å². The van der Waals surface area contributed by atoms with Crippen LogP contribution in [0.4, 0.5) is 11.4 Å². The van der Waals surface area contributed by atoms with Crippen LogP contribution in [0.25, 0.3) is 0 Å². The summed E-state index contributed by atoms with van der Waals surface area (Å²) in [6, 6.07) is 15.0. The number of rotatable bonds is 7. The van der Waals surface area contributed by atoms with Crippen molar-refractivity contribution in [3.05, 3.63) is 86.9 Å². The smallest absolute Gasteiger partial charge is 0.340 e. The number of aryl methyl sites for hydroxylation is 4. The van der Waals surface area contributed by atoms with Crippen LogP contribution in [0.2, 0.25) is 0 Å². The third-order valence-electron chi connectivity index (χ3n) is 5.04. The van der Waals surface area contributed by atoms with Crippen molar-refractivity contribution < 1.29 is 22.7 Å².